The van der Waals surface area contributed by atoms with Gasteiger partial charge in [0.25, 0.3) is 0 Å². The van der Waals surface area contributed by atoms with Crippen molar-refractivity contribution in [2.45, 2.75) is 79.1 Å². The molecule has 0 bridgehead atoms. The van der Waals surface area contributed by atoms with Crippen molar-refractivity contribution >= 4 is 5.97 Å². The van der Waals surface area contributed by atoms with E-state index in [0.717, 1.165) is 56.3 Å². The third-order valence-electron chi connectivity index (χ3n) is 9.12. The molecule has 0 saturated heterocycles. The van der Waals surface area contributed by atoms with E-state index in [1.165, 1.54) is 5.57 Å². The number of rotatable bonds is 4. The summed E-state index contributed by atoms with van der Waals surface area (Å²) in [6.45, 7) is 8.89. The first-order chi connectivity index (χ1) is 14.3. The van der Waals surface area contributed by atoms with Crippen LogP contribution in [0.3, 0.4) is 0 Å². The fraction of sp³-hybridized carbons (Fsp3) is 0.731. The minimum Gasteiger partial charge on any atom is -0.501 e. The van der Waals surface area contributed by atoms with E-state index >= 15 is 4.39 Å². The molecule has 0 radical (unpaired) electrons. The van der Waals surface area contributed by atoms with Crippen molar-refractivity contribution in [2.75, 3.05) is 13.7 Å². The van der Waals surface area contributed by atoms with Crippen molar-refractivity contribution in [3.8, 4) is 0 Å². The number of carbonyl (C=O) groups excluding carboxylic acids is 1. The normalized spacial score (nSPS) is 39.5. The lowest BCUT2D eigenvalue weighted by atomic mass is 9.47. The van der Waals surface area contributed by atoms with E-state index in [0.29, 0.717) is 24.2 Å². The molecule has 0 unspecified atom stereocenters. The Bertz CT molecular complexity index is 822. The summed E-state index contributed by atoms with van der Waals surface area (Å²) in [5.74, 6) is 1.36. The molecule has 30 heavy (non-hydrogen) atoms. The zero-order valence-corrected chi connectivity index (χ0v) is 19.3. The number of hydrogen-bond acceptors (Lipinski definition) is 3. The molecule has 166 valence electrons. The lowest BCUT2D eigenvalue weighted by Crippen LogP contribution is -2.49. The molecule has 0 N–H and O–H groups in total. The second kappa shape index (κ2) is 7.84. The van der Waals surface area contributed by atoms with Gasteiger partial charge in [0, 0.05) is 6.42 Å². The highest BCUT2D eigenvalue weighted by Gasteiger charge is 2.58. The van der Waals surface area contributed by atoms with Crippen LogP contribution in [0.4, 0.5) is 4.39 Å². The molecule has 2 saturated carbocycles. The Kier molecular flexibility index (Phi) is 5.65. The Balaban J connectivity index is 1.72. The van der Waals surface area contributed by atoms with E-state index in [9.17, 15) is 4.79 Å². The molecule has 0 aromatic rings. The zero-order valence-electron chi connectivity index (χ0n) is 19.3. The third kappa shape index (κ3) is 3.08. The Labute approximate surface area is 180 Å². The van der Waals surface area contributed by atoms with E-state index in [1.54, 1.807) is 19.6 Å². The molecule has 0 aromatic carbocycles. The maximum Gasteiger partial charge on any atom is 0.367 e. The Morgan fingerprint density at radius 3 is 2.53 bits per heavy atom. The van der Waals surface area contributed by atoms with E-state index in [1.807, 2.05) is 0 Å². The highest BCUT2D eigenvalue weighted by atomic mass is 19.1. The number of carbonyl (C=O) groups is 1. The van der Waals surface area contributed by atoms with E-state index < -0.39 is 11.8 Å². The van der Waals surface area contributed by atoms with Gasteiger partial charge < -0.3 is 9.47 Å². The molecule has 4 aliphatic rings. The number of ether oxygens (including phenoxy) is 2. The first kappa shape index (κ1) is 21.6. The summed E-state index contributed by atoms with van der Waals surface area (Å²) in [6, 6.07) is 0. The fourth-order valence-electron chi connectivity index (χ4n) is 7.55. The maximum absolute atomic E-state index is 15.1. The number of esters is 1. The molecule has 0 aliphatic heterocycles. The van der Waals surface area contributed by atoms with Gasteiger partial charge in [0.15, 0.2) is 0 Å². The summed E-state index contributed by atoms with van der Waals surface area (Å²) in [7, 11) is 1.78. The molecule has 0 aromatic heterocycles. The van der Waals surface area contributed by atoms with Crippen molar-refractivity contribution < 1.29 is 18.7 Å². The lowest BCUT2D eigenvalue weighted by Gasteiger charge is -2.57. The standard InChI is InChI=1S/C26H37FO3/c1-6-16-14-18-19-8-9-21(23(27)24(28)30-7-2)25(19,3)13-11-20(18)26(4)12-10-17(29-5)15-22(16)26/h15,18-20H,6-14H2,1-5H3/t18-,19-,20-,25-,26+/m0/s1. The molecule has 0 heterocycles. The van der Waals surface area contributed by atoms with Crippen LogP contribution in [-0.4, -0.2) is 19.7 Å². The Morgan fingerprint density at radius 1 is 1.13 bits per heavy atom. The fourth-order valence-corrected chi connectivity index (χ4v) is 7.55. The van der Waals surface area contributed by atoms with Crippen LogP contribution in [0.15, 0.2) is 34.4 Å². The van der Waals surface area contributed by atoms with Gasteiger partial charge in [-0.1, -0.05) is 26.3 Å². The highest BCUT2D eigenvalue weighted by molar-refractivity contribution is 5.87. The molecule has 4 heteroatoms. The van der Waals surface area contributed by atoms with Crippen LogP contribution in [0.25, 0.3) is 0 Å². The van der Waals surface area contributed by atoms with Gasteiger partial charge >= 0.3 is 5.97 Å². The number of fused-ring (bicyclic) bond motifs is 5. The van der Waals surface area contributed by atoms with Gasteiger partial charge in [-0.3, -0.25) is 0 Å². The third-order valence-corrected chi connectivity index (χ3v) is 9.12. The summed E-state index contributed by atoms with van der Waals surface area (Å²) in [5.41, 5.74) is 3.77. The summed E-state index contributed by atoms with van der Waals surface area (Å²) >= 11 is 0. The number of hydrogen-bond donors (Lipinski definition) is 0. The molecule has 4 rings (SSSR count). The summed E-state index contributed by atoms with van der Waals surface area (Å²) < 4.78 is 25.7. The van der Waals surface area contributed by atoms with Gasteiger partial charge in [-0.05, 0) is 97.7 Å². The number of allylic oxidation sites excluding steroid dienone is 5. The van der Waals surface area contributed by atoms with Crippen molar-refractivity contribution in [3.05, 3.63) is 34.4 Å². The first-order valence-electron chi connectivity index (χ1n) is 11.8. The summed E-state index contributed by atoms with van der Waals surface area (Å²) in [6.07, 6.45) is 10.4. The maximum atomic E-state index is 15.1. The van der Waals surface area contributed by atoms with Gasteiger partial charge in [-0.15, -0.1) is 0 Å². The molecule has 3 nitrogen and oxygen atoms in total. The molecule has 0 amide bonds. The monoisotopic (exact) mass is 416 g/mol. The van der Waals surface area contributed by atoms with Gasteiger partial charge in [0.05, 0.1) is 19.5 Å². The van der Waals surface area contributed by atoms with Crippen LogP contribution in [0.2, 0.25) is 0 Å². The predicted octanol–water partition coefficient (Wildman–Crippen LogP) is 6.66. The Morgan fingerprint density at radius 2 is 1.87 bits per heavy atom. The van der Waals surface area contributed by atoms with Gasteiger partial charge in [-0.25, -0.2) is 4.79 Å². The van der Waals surface area contributed by atoms with Crippen LogP contribution >= 0.6 is 0 Å². The first-order valence-corrected chi connectivity index (χ1v) is 11.8. The molecular weight excluding hydrogens is 379 g/mol. The van der Waals surface area contributed by atoms with E-state index in [2.05, 4.69) is 26.8 Å². The summed E-state index contributed by atoms with van der Waals surface area (Å²) in [4.78, 5) is 12.1. The SMILES string of the molecule is CCOC(=O)C(F)=C1CC[C@H]2[C@@H]3CC(CC)=C4C=C(OC)CC[C@]4(C)[C@H]3CC[C@]12C. The van der Waals surface area contributed by atoms with Crippen LogP contribution < -0.4 is 0 Å². The number of halogens is 1. The Hall–Kier alpha value is -1.58. The second-order valence-electron chi connectivity index (χ2n) is 10.2. The lowest BCUT2D eigenvalue weighted by molar-refractivity contribution is -0.140. The zero-order chi connectivity index (χ0) is 21.7. The van der Waals surface area contributed by atoms with Crippen LogP contribution in [-0.2, 0) is 14.3 Å². The topological polar surface area (TPSA) is 35.5 Å². The smallest absolute Gasteiger partial charge is 0.367 e. The van der Waals surface area contributed by atoms with Crippen molar-refractivity contribution in [1.82, 2.24) is 0 Å². The summed E-state index contributed by atoms with van der Waals surface area (Å²) in [5, 5.41) is 0. The van der Waals surface area contributed by atoms with Crippen LogP contribution in [0.5, 0.6) is 0 Å². The number of methoxy groups -OCH3 is 1. The average molecular weight is 417 g/mol. The van der Waals surface area contributed by atoms with Crippen LogP contribution in [0.1, 0.15) is 79.1 Å². The predicted molar refractivity (Wildman–Crippen MR) is 116 cm³/mol. The van der Waals surface area contributed by atoms with Crippen molar-refractivity contribution in [1.29, 1.82) is 0 Å². The second-order valence-corrected chi connectivity index (χ2v) is 10.2. The minimum atomic E-state index is -0.770. The quantitative estimate of drug-likeness (QED) is 0.380. The highest BCUT2D eigenvalue weighted by Crippen LogP contribution is 2.67. The van der Waals surface area contributed by atoms with Gasteiger partial charge in [0.2, 0.25) is 5.83 Å². The average Bonchev–Trinajstić information content (AvgIpc) is 3.09. The molecular formula is C26H37FO3. The molecule has 2 fully saturated rings. The van der Waals surface area contributed by atoms with Crippen molar-refractivity contribution in [3.63, 3.8) is 0 Å². The largest absolute Gasteiger partial charge is 0.501 e. The van der Waals surface area contributed by atoms with E-state index in [-0.39, 0.29) is 17.4 Å². The minimum absolute atomic E-state index is 0.184. The van der Waals surface area contributed by atoms with E-state index in [4.69, 9.17) is 9.47 Å². The molecule has 5 atom stereocenters. The van der Waals surface area contributed by atoms with Gasteiger partial charge in [0.1, 0.15) is 0 Å². The van der Waals surface area contributed by atoms with Crippen molar-refractivity contribution in [2.24, 2.45) is 28.6 Å². The van der Waals surface area contributed by atoms with Gasteiger partial charge in [-0.2, -0.15) is 4.39 Å². The molecule has 4 aliphatic carbocycles. The van der Waals surface area contributed by atoms with Crippen LogP contribution in [0, 0.1) is 28.6 Å². The molecule has 0 spiro atoms.